The van der Waals surface area contributed by atoms with Crippen LogP contribution in [0.25, 0.3) is 11.0 Å². The molecule has 96 valence electrons. The number of hydrogen-bond acceptors (Lipinski definition) is 4. The molecule has 1 atom stereocenters. The summed E-state index contributed by atoms with van der Waals surface area (Å²) in [5, 5.41) is 8.86. The number of nitrogens with one attached hydrogen (secondary N) is 1. The molecule has 1 aliphatic rings. The molecule has 5 nitrogen and oxygen atoms in total. The number of hydrogen-bond donors (Lipinski definition) is 1. The molecule has 0 aromatic carbocycles. The molecule has 1 N–H and O–H groups in total. The molecule has 2 heterocycles. The van der Waals surface area contributed by atoms with Crippen molar-refractivity contribution in [2.45, 2.75) is 39.2 Å². The van der Waals surface area contributed by atoms with E-state index in [1.54, 1.807) is 6.33 Å². The lowest BCUT2D eigenvalue weighted by Gasteiger charge is -2.11. The Morgan fingerprint density at radius 2 is 2.28 bits per heavy atom. The van der Waals surface area contributed by atoms with Gasteiger partial charge in [-0.2, -0.15) is 5.10 Å². The summed E-state index contributed by atoms with van der Waals surface area (Å²) in [5.41, 5.74) is 0.947. The summed E-state index contributed by atoms with van der Waals surface area (Å²) in [7, 11) is 0. The van der Waals surface area contributed by atoms with E-state index < -0.39 is 0 Å². The van der Waals surface area contributed by atoms with Gasteiger partial charge in [0, 0.05) is 6.54 Å². The van der Waals surface area contributed by atoms with Crippen LogP contribution in [0.1, 0.15) is 39.2 Å². The first-order chi connectivity index (χ1) is 8.81. The van der Waals surface area contributed by atoms with Gasteiger partial charge >= 0.3 is 0 Å². The lowest BCUT2D eigenvalue weighted by atomic mass is 10.2. The maximum atomic E-state index is 4.50. The summed E-state index contributed by atoms with van der Waals surface area (Å²) in [6.45, 7) is 5.30. The van der Waals surface area contributed by atoms with Crippen LogP contribution in [0.4, 0.5) is 5.82 Å². The topological polar surface area (TPSA) is 55.6 Å². The van der Waals surface area contributed by atoms with E-state index in [4.69, 9.17) is 0 Å². The highest BCUT2D eigenvalue weighted by atomic mass is 15.3. The van der Waals surface area contributed by atoms with Crippen molar-refractivity contribution >= 4 is 16.9 Å². The van der Waals surface area contributed by atoms with Crippen LogP contribution < -0.4 is 5.32 Å². The Hall–Kier alpha value is -1.65. The molecule has 0 saturated heterocycles. The second-order valence-electron chi connectivity index (χ2n) is 5.05. The average molecular weight is 245 g/mol. The van der Waals surface area contributed by atoms with Crippen molar-refractivity contribution in [2.24, 2.45) is 5.92 Å². The van der Waals surface area contributed by atoms with Gasteiger partial charge in [0.2, 0.25) is 0 Å². The molecule has 0 bridgehead atoms. The van der Waals surface area contributed by atoms with Crippen LogP contribution in [0, 0.1) is 5.92 Å². The van der Waals surface area contributed by atoms with Gasteiger partial charge in [0.25, 0.3) is 0 Å². The van der Waals surface area contributed by atoms with Crippen LogP contribution in [-0.2, 0) is 0 Å². The monoisotopic (exact) mass is 245 g/mol. The van der Waals surface area contributed by atoms with E-state index in [0.717, 1.165) is 35.7 Å². The van der Waals surface area contributed by atoms with Gasteiger partial charge in [0.1, 0.15) is 12.1 Å². The zero-order valence-corrected chi connectivity index (χ0v) is 10.9. The Morgan fingerprint density at radius 3 is 3.00 bits per heavy atom. The van der Waals surface area contributed by atoms with Crippen LogP contribution in [0.5, 0.6) is 0 Å². The molecule has 0 spiro atoms. The first-order valence-corrected chi connectivity index (χ1v) is 6.73. The van der Waals surface area contributed by atoms with Crippen LogP contribution in [0.2, 0.25) is 0 Å². The standard InChI is InChI=1S/C13H19N5/c1-3-6-14-12-11-7-17-18(9(2)10-4-5-10)13(11)16-8-15-12/h7-10H,3-6H2,1-2H3,(H,14,15,16). The van der Waals surface area contributed by atoms with Crippen molar-refractivity contribution in [1.29, 1.82) is 0 Å². The number of rotatable bonds is 5. The summed E-state index contributed by atoms with van der Waals surface area (Å²) < 4.78 is 2.05. The minimum absolute atomic E-state index is 0.441. The molecule has 2 aromatic rings. The highest BCUT2D eigenvalue weighted by Crippen LogP contribution is 2.40. The maximum absolute atomic E-state index is 4.50. The quantitative estimate of drug-likeness (QED) is 0.879. The molecule has 1 saturated carbocycles. The van der Waals surface area contributed by atoms with E-state index in [9.17, 15) is 0 Å². The van der Waals surface area contributed by atoms with Crippen molar-refractivity contribution in [2.75, 3.05) is 11.9 Å². The summed E-state index contributed by atoms with van der Waals surface area (Å²) in [6, 6.07) is 0.441. The van der Waals surface area contributed by atoms with E-state index >= 15 is 0 Å². The predicted molar refractivity (Wildman–Crippen MR) is 71.5 cm³/mol. The fourth-order valence-electron chi connectivity index (χ4n) is 2.32. The Morgan fingerprint density at radius 1 is 1.44 bits per heavy atom. The number of anilines is 1. The molecule has 1 aliphatic carbocycles. The Balaban J connectivity index is 1.97. The van der Waals surface area contributed by atoms with Crippen molar-refractivity contribution in [3.8, 4) is 0 Å². The van der Waals surface area contributed by atoms with Gasteiger partial charge in [-0.3, -0.25) is 0 Å². The van der Waals surface area contributed by atoms with E-state index in [1.807, 2.05) is 10.9 Å². The van der Waals surface area contributed by atoms with E-state index in [0.29, 0.717) is 6.04 Å². The molecule has 3 rings (SSSR count). The SMILES string of the molecule is CCCNc1ncnc2c1cnn2C(C)C1CC1. The second-order valence-corrected chi connectivity index (χ2v) is 5.05. The minimum atomic E-state index is 0.441. The van der Waals surface area contributed by atoms with Gasteiger partial charge in [-0.15, -0.1) is 0 Å². The van der Waals surface area contributed by atoms with Crippen LogP contribution in [-0.4, -0.2) is 26.3 Å². The average Bonchev–Trinajstić information content (AvgIpc) is 3.15. The fourth-order valence-corrected chi connectivity index (χ4v) is 2.32. The molecule has 0 amide bonds. The van der Waals surface area contributed by atoms with Gasteiger partial charge in [-0.05, 0) is 32.1 Å². The summed E-state index contributed by atoms with van der Waals surface area (Å²) >= 11 is 0. The summed E-state index contributed by atoms with van der Waals surface area (Å²) in [6.07, 6.45) is 7.21. The van der Waals surface area contributed by atoms with Gasteiger partial charge in [0.15, 0.2) is 5.65 Å². The molecule has 1 fully saturated rings. The van der Waals surface area contributed by atoms with Crippen molar-refractivity contribution < 1.29 is 0 Å². The normalized spacial score (nSPS) is 17.0. The number of fused-ring (bicyclic) bond motifs is 1. The lowest BCUT2D eigenvalue weighted by Crippen LogP contribution is -2.10. The Kier molecular flexibility index (Phi) is 2.89. The Bertz CT molecular complexity index is 543. The molecular weight excluding hydrogens is 226 g/mol. The molecule has 18 heavy (non-hydrogen) atoms. The predicted octanol–water partition coefficient (Wildman–Crippen LogP) is 2.62. The smallest absolute Gasteiger partial charge is 0.163 e. The third-order valence-corrected chi connectivity index (χ3v) is 3.62. The first-order valence-electron chi connectivity index (χ1n) is 6.73. The third-order valence-electron chi connectivity index (χ3n) is 3.62. The zero-order valence-electron chi connectivity index (χ0n) is 10.9. The van der Waals surface area contributed by atoms with Crippen molar-refractivity contribution in [1.82, 2.24) is 19.7 Å². The van der Waals surface area contributed by atoms with Gasteiger partial charge in [-0.1, -0.05) is 6.92 Å². The zero-order chi connectivity index (χ0) is 12.5. The lowest BCUT2D eigenvalue weighted by molar-refractivity contribution is 0.450. The molecular formula is C13H19N5. The van der Waals surface area contributed by atoms with Gasteiger partial charge in [-0.25, -0.2) is 14.6 Å². The second kappa shape index (κ2) is 4.55. The van der Waals surface area contributed by atoms with Gasteiger partial charge < -0.3 is 5.32 Å². The van der Waals surface area contributed by atoms with E-state index in [2.05, 4.69) is 34.2 Å². The third kappa shape index (κ3) is 1.94. The molecule has 0 aliphatic heterocycles. The van der Waals surface area contributed by atoms with Crippen LogP contribution in [0.3, 0.4) is 0 Å². The van der Waals surface area contributed by atoms with Crippen LogP contribution >= 0.6 is 0 Å². The molecule has 0 radical (unpaired) electrons. The van der Waals surface area contributed by atoms with Crippen molar-refractivity contribution in [3.63, 3.8) is 0 Å². The number of aromatic nitrogens is 4. The van der Waals surface area contributed by atoms with Crippen molar-refractivity contribution in [3.05, 3.63) is 12.5 Å². The summed E-state index contributed by atoms with van der Waals surface area (Å²) in [5.74, 6) is 1.67. The highest BCUT2D eigenvalue weighted by Gasteiger charge is 2.30. The first kappa shape index (κ1) is 11.4. The molecule has 5 heteroatoms. The largest absolute Gasteiger partial charge is 0.369 e. The van der Waals surface area contributed by atoms with Gasteiger partial charge in [0.05, 0.1) is 17.6 Å². The fraction of sp³-hybridized carbons (Fsp3) is 0.615. The minimum Gasteiger partial charge on any atom is -0.369 e. The maximum Gasteiger partial charge on any atom is 0.163 e. The molecule has 2 aromatic heterocycles. The Labute approximate surface area is 107 Å². The highest BCUT2D eigenvalue weighted by molar-refractivity contribution is 5.86. The van der Waals surface area contributed by atoms with E-state index in [1.165, 1.54) is 12.8 Å². The van der Waals surface area contributed by atoms with E-state index in [-0.39, 0.29) is 0 Å². The molecule has 1 unspecified atom stereocenters. The summed E-state index contributed by atoms with van der Waals surface area (Å²) in [4.78, 5) is 8.69. The van der Waals surface area contributed by atoms with Crippen LogP contribution in [0.15, 0.2) is 12.5 Å². The number of nitrogens with zero attached hydrogens (tertiary/aromatic N) is 4.